The quantitative estimate of drug-likeness (QED) is 0.483. The Bertz CT molecular complexity index is 709. The fraction of sp³-hybridized carbons (Fsp3) is 0.263. The first-order valence-corrected chi connectivity index (χ1v) is 7.77. The maximum atomic E-state index is 10.7. The summed E-state index contributed by atoms with van der Waals surface area (Å²) in [6.07, 6.45) is 1.58. The van der Waals surface area contributed by atoms with E-state index in [0.29, 0.717) is 13.2 Å². The van der Waals surface area contributed by atoms with E-state index in [2.05, 4.69) is 24.4 Å². The Hall–Kier alpha value is -2.82. The largest absolute Gasteiger partial charge is 0.490 e. The van der Waals surface area contributed by atoms with Crippen LogP contribution in [0.1, 0.15) is 23.6 Å². The lowest BCUT2D eigenvalue weighted by molar-refractivity contribution is -0.118. The van der Waals surface area contributed by atoms with Crippen LogP contribution in [0.4, 0.5) is 0 Å². The van der Waals surface area contributed by atoms with E-state index in [9.17, 15) is 4.79 Å². The predicted octanol–water partition coefficient (Wildman–Crippen LogP) is 3.23. The number of amides is 1. The second-order valence-electron chi connectivity index (χ2n) is 5.44. The summed E-state index contributed by atoms with van der Waals surface area (Å²) >= 11 is 0. The Morgan fingerprint density at radius 3 is 2.25 bits per heavy atom. The molecule has 2 aromatic rings. The van der Waals surface area contributed by atoms with Crippen molar-refractivity contribution in [1.29, 1.82) is 0 Å². The highest BCUT2D eigenvalue weighted by atomic mass is 16.5. The van der Waals surface area contributed by atoms with Crippen molar-refractivity contribution in [3.05, 3.63) is 59.2 Å². The van der Waals surface area contributed by atoms with Gasteiger partial charge in [0.15, 0.2) is 0 Å². The van der Waals surface area contributed by atoms with Gasteiger partial charge in [0.05, 0.1) is 6.21 Å². The molecule has 126 valence electrons. The minimum atomic E-state index is -0.199. The zero-order valence-corrected chi connectivity index (χ0v) is 14.2. The number of nitrogens with one attached hydrogen (secondary N) is 1. The molecule has 0 spiro atoms. The van der Waals surface area contributed by atoms with Crippen molar-refractivity contribution in [2.45, 2.75) is 20.8 Å². The summed E-state index contributed by atoms with van der Waals surface area (Å²) in [6, 6.07) is 13.5. The van der Waals surface area contributed by atoms with E-state index in [1.165, 1.54) is 18.1 Å². The molecule has 5 nitrogen and oxygen atoms in total. The number of nitrogens with zero attached hydrogens (tertiary/aromatic N) is 1. The monoisotopic (exact) mass is 326 g/mol. The van der Waals surface area contributed by atoms with Crippen LogP contribution >= 0.6 is 0 Å². The maximum Gasteiger partial charge on any atom is 0.236 e. The van der Waals surface area contributed by atoms with E-state index in [4.69, 9.17) is 9.47 Å². The molecule has 0 fully saturated rings. The third-order valence-electron chi connectivity index (χ3n) is 3.41. The normalized spacial score (nSPS) is 10.6. The SMILES string of the molecule is CC(=O)NN=Cc1ccc(OCCOc2ccc(C)c(C)c2)cc1. The van der Waals surface area contributed by atoms with Crippen molar-refractivity contribution in [3.63, 3.8) is 0 Å². The lowest BCUT2D eigenvalue weighted by Crippen LogP contribution is -2.12. The summed E-state index contributed by atoms with van der Waals surface area (Å²) in [6.45, 7) is 6.50. The fourth-order valence-corrected chi connectivity index (χ4v) is 1.97. The molecule has 0 heterocycles. The highest BCUT2D eigenvalue weighted by Crippen LogP contribution is 2.16. The molecule has 24 heavy (non-hydrogen) atoms. The van der Waals surface area contributed by atoms with Crippen LogP contribution < -0.4 is 14.9 Å². The van der Waals surface area contributed by atoms with Gasteiger partial charge in [-0.05, 0) is 66.9 Å². The van der Waals surface area contributed by atoms with E-state index in [-0.39, 0.29) is 5.91 Å². The number of carbonyl (C=O) groups excluding carboxylic acids is 1. The molecule has 1 N–H and O–H groups in total. The van der Waals surface area contributed by atoms with Crippen molar-refractivity contribution >= 4 is 12.1 Å². The van der Waals surface area contributed by atoms with Gasteiger partial charge in [0.1, 0.15) is 24.7 Å². The van der Waals surface area contributed by atoms with Gasteiger partial charge >= 0.3 is 0 Å². The van der Waals surface area contributed by atoms with Gasteiger partial charge < -0.3 is 9.47 Å². The van der Waals surface area contributed by atoms with Crippen molar-refractivity contribution in [2.75, 3.05) is 13.2 Å². The van der Waals surface area contributed by atoms with E-state index in [1.54, 1.807) is 6.21 Å². The van der Waals surface area contributed by atoms with Crippen LogP contribution in [0.3, 0.4) is 0 Å². The van der Waals surface area contributed by atoms with Crippen molar-refractivity contribution in [1.82, 2.24) is 5.43 Å². The molecule has 5 heteroatoms. The molecule has 0 saturated heterocycles. The number of carbonyl (C=O) groups is 1. The fourth-order valence-electron chi connectivity index (χ4n) is 1.97. The van der Waals surface area contributed by atoms with Gasteiger partial charge in [0, 0.05) is 6.92 Å². The lowest BCUT2D eigenvalue weighted by Gasteiger charge is -2.10. The van der Waals surface area contributed by atoms with Gasteiger partial charge in [-0.3, -0.25) is 4.79 Å². The van der Waals surface area contributed by atoms with Gasteiger partial charge in [-0.2, -0.15) is 5.10 Å². The molecule has 0 aliphatic heterocycles. The number of ether oxygens (including phenoxy) is 2. The first kappa shape index (κ1) is 17.5. The van der Waals surface area contributed by atoms with Crippen LogP contribution in [0, 0.1) is 13.8 Å². The molecule has 0 aliphatic rings. The number of hydrogen-bond donors (Lipinski definition) is 1. The molecule has 2 aromatic carbocycles. The van der Waals surface area contributed by atoms with Crippen molar-refractivity contribution < 1.29 is 14.3 Å². The van der Waals surface area contributed by atoms with Crippen LogP contribution in [-0.4, -0.2) is 25.3 Å². The topological polar surface area (TPSA) is 59.9 Å². The average Bonchev–Trinajstić information content (AvgIpc) is 2.56. The van der Waals surface area contributed by atoms with Gasteiger partial charge in [-0.1, -0.05) is 6.07 Å². The molecule has 1 amide bonds. The minimum absolute atomic E-state index is 0.199. The number of hydrogen-bond acceptors (Lipinski definition) is 4. The van der Waals surface area contributed by atoms with Crippen LogP contribution in [-0.2, 0) is 4.79 Å². The standard InChI is InChI=1S/C19H22N2O3/c1-14-4-7-19(12-15(14)2)24-11-10-23-18-8-5-17(6-9-18)13-20-21-16(3)22/h4-9,12-13H,10-11H2,1-3H3,(H,21,22). The Morgan fingerprint density at radius 1 is 1.00 bits per heavy atom. The van der Waals surface area contributed by atoms with E-state index < -0.39 is 0 Å². The number of benzene rings is 2. The number of aryl methyl sites for hydroxylation is 2. The molecule has 0 radical (unpaired) electrons. The third-order valence-corrected chi connectivity index (χ3v) is 3.41. The van der Waals surface area contributed by atoms with Crippen molar-refractivity contribution in [2.24, 2.45) is 5.10 Å². The van der Waals surface area contributed by atoms with Crippen LogP contribution in [0.5, 0.6) is 11.5 Å². The van der Waals surface area contributed by atoms with Gasteiger partial charge in [-0.25, -0.2) is 5.43 Å². The predicted molar refractivity (Wildman–Crippen MR) is 94.8 cm³/mol. The maximum absolute atomic E-state index is 10.7. The van der Waals surface area contributed by atoms with E-state index >= 15 is 0 Å². The van der Waals surface area contributed by atoms with Crippen LogP contribution in [0.25, 0.3) is 0 Å². The van der Waals surface area contributed by atoms with Gasteiger partial charge in [-0.15, -0.1) is 0 Å². The molecule has 0 aliphatic carbocycles. The van der Waals surface area contributed by atoms with Gasteiger partial charge in [0.2, 0.25) is 5.91 Å². The summed E-state index contributed by atoms with van der Waals surface area (Å²) in [4.78, 5) is 10.7. The zero-order chi connectivity index (χ0) is 17.4. The van der Waals surface area contributed by atoms with E-state index in [1.807, 2.05) is 42.5 Å². The Morgan fingerprint density at radius 2 is 1.62 bits per heavy atom. The highest BCUT2D eigenvalue weighted by Gasteiger charge is 1.98. The van der Waals surface area contributed by atoms with Crippen molar-refractivity contribution in [3.8, 4) is 11.5 Å². The van der Waals surface area contributed by atoms with Crippen LogP contribution in [0.2, 0.25) is 0 Å². The summed E-state index contributed by atoms with van der Waals surface area (Å²) in [5.41, 5.74) is 5.70. The summed E-state index contributed by atoms with van der Waals surface area (Å²) in [7, 11) is 0. The molecular formula is C19H22N2O3. The second-order valence-corrected chi connectivity index (χ2v) is 5.44. The molecule has 0 atom stereocenters. The first-order valence-electron chi connectivity index (χ1n) is 7.77. The second kappa shape index (κ2) is 8.72. The zero-order valence-electron chi connectivity index (χ0n) is 14.2. The number of hydrazone groups is 1. The van der Waals surface area contributed by atoms with Gasteiger partial charge in [0.25, 0.3) is 0 Å². The van der Waals surface area contributed by atoms with Crippen LogP contribution in [0.15, 0.2) is 47.6 Å². The Labute approximate surface area is 142 Å². The molecule has 0 unspecified atom stereocenters. The average molecular weight is 326 g/mol. The summed E-state index contributed by atoms with van der Waals surface area (Å²) in [5.74, 6) is 1.41. The molecule has 0 saturated carbocycles. The Kier molecular flexibility index (Phi) is 6.37. The molecule has 0 bridgehead atoms. The summed E-state index contributed by atoms with van der Waals surface area (Å²) < 4.78 is 11.3. The highest BCUT2D eigenvalue weighted by molar-refractivity contribution is 5.81. The lowest BCUT2D eigenvalue weighted by atomic mass is 10.1. The first-order chi connectivity index (χ1) is 11.5. The molecule has 2 rings (SSSR count). The summed E-state index contributed by atoms with van der Waals surface area (Å²) in [5, 5.41) is 3.81. The van der Waals surface area contributed by atoms with E-state index in [0.717, 1.165) is 17.1 Å². The minimum Gasteiger partial charge on any atom is -0.490 e. The molecular weight excluding hydrogens is 304 g/mol. The molecule has 0 aromatic heterocycles. The number of rotatable bonds is 7. The Balaban J connectivity index is 1.75. The smallest absolute Gasteiger partial charge is 0.236 e. The third kappa shape index (κ3) is 5.76.